The average Bonchev–Trinajstić information content (AvgIpc) is 3.09. The van der Waals surface area contributed by atoms with E-state index in [9.17, 15) is 0 Å². The fourth-order valence-corrected chi connectivity index (χ4v) is 5.17. The normalized spacial score (nSPS) is 10.9. The second-order valence-corrected chi connectivity index (χ2v) is 10.2. The van der Waals surface area contributed by atoms with E-state index in [2.05, 4.69) is 97.1 Å². The first kappa shape index (κ1) is 25.4. The maximum absolute atomic E-state index is 6.40. The molecule has 0 N–H and O–H groups in total. The highest BCUT2D eigenvalue weighted by molar-refractivity contribution is 5.79. The van der Waals surface area contributed by atoms with Gasteiger partial charge in [-0.25, -0.2) is 8.83 Å². The Labute approximate surface area is 245 Å². The molecule has 42 heavy (non-hydrogen) atoms. The molecule has 5 aromatic carbocycles. The summed E-state index contributed by atoms with van der Waals surface area (Å²) in [7, 11) is 0. The van der Waals surface area contributed by atoms with Crippen LogP contribution >= 0.6 is 0 Å². The van der Waals surface area contributed by atoms with Crippen molar-refractivity contribution in [2.75, 3.05) is 0 Å². The average molecular weight is 541 g/mol. The molecule has 0 aliphatic carbocycles. The van der Waals surface area contributed by atoms with Gasteiger partial charge in [0.2, 0.25) is 0 Å². The Bertz CT molecular complexity index is 1670. The van der Waals surface area contributed by atoms with Crippen LogP contribution in [-0.4, -0.2) is 0 Å². The van der Waals surface area contributed by atoms with E-state index >= 15 is 0 Å². The molecule has 7 rings (SSSR count). The van der Waals surface area contributed by atoms with E-state index < -0.39 is 0 Å². The lowest BCUT2D eigenvalue weighted by atomic mass is 9.97. The molecule has 2 heterocycles. The van der Waals surface area contributed by atoms with Gasteiger partial charge in [-0.2, -0.15) is 0 Å². The van der Waals surface area contributed by atoms with Crippen molar-refractivity contribution in [1.82, 2.24) is 0 Å². The molecule has 0 fully saturated rings. The molecule has 198 valence electrons. The molecule has 0 bridgehead atoms. The molecule has 0 aliphatic heterocycles. The van der Waals surface area contributed by atoms with Gasteiger partial charge in [-0.3, -0.25) is 0 Å². The lowest BCUT2D eigenvalue weighted by molar-refractivity contribution is 0.582. The molecule has 0 radical (unpaired) electrons. The van der Waals surface area contributed by atoms with Crippen LogP contribution in [-0.2, 0) is 0 Å². The van der Waals surface area contributed by atoms with E-state index in [1.807, 2.05) is 72.8 Å². The van der Waals surface area contributed by atoms with E-state index in [4.69, 9.17) is 8.83 Å². The summed E-state index contributed by atoms with van der Waals surface area (Å²) < 4.78 is 12.8. The van der Waals surface area contributed by atoms with E-state index in [1.54, 1.807) is 0 Å². The van der Waals surface area contributed by atoms with Gasteiger partial charge >= 0.3 is 23.0 Å². The predicted molar refractivity (Wildman–Crippen MR) is 172 cm³/mol. The van der Waals surface area contributed by atoms with Crippen LogP contribution in [0.15, 0.2) is 179 Å². The highest BCUT2D eigenvalue weighted by atomic mass is 16.3. The smallest absolute Gasteiger partial charge is 0.207 e. The van der Waals surface area contributed by atoms with E-state index in [-0.39, 0.29) is 0 Å². The molecule has 0 saturated carbocycles. The second-order valence-electron chi connectivity index (χ2n) is 10.2. The van der Waals surface area contributed by atoms with Crippen molar-refractivity contribution < 1.29 is 8.83 Å². The summed E-state index contributed by atoms with van der Waals surface area (Å²) in [6.45, 7) is 0. The molecule has 2 heteroatoms. The molecular formula is C40H28O2+2. The molecule has 0 amide bonds. The molecule has 2 nitrogen and oxygen atoms in total. The number of hydrogen-bond donors (Lipinski definition) is 0. The Kier molecular flexibility index (Phi) is 6.94. The van der Waals surface area contributed by atoms with Gasteiger partial charge in [0.15, 0.2) is 0 Å². The third-order valence-electron chi connectivity index (χ3n) is 7.37. The van der Waals surface area contributed by atoms with Crippen molar-refractivity contribution in [1.29, 1.82) is 0 Å². The van der Waals surface area contributed by atoms with Gasteiger partial charge in [0.25, 0.3) is 0 Å². The summed E-state index contributed by atoms with van der Waals surface area (Å²) in [4.78, 5) is 0. The zero-order chi connectivity index (χ0) is 28.1. The van der Waals surface area contributed by atoms with Crippen LogP contribution in [0.2, 0.25) is 0 Å². The van der Waals surface area contributed by atoms with Crippen LogP contribution in [0.25, 0.3) is 67.5 Å². The van der Waals surface area contributed by atoms with Crippen LogP contribution in [0.5, 0.6) is 0 Å². The molecule has 2 aromatic heterocycles. The summed E-state index contributed by atoms with van der Waals surface area (Å²) in [6.07, 6.45) is 0. The van der Waals surface area contributed by atoms with Gasteiger partial charge in [-0.05, 0) is 59.7 Å². The molecular weight excluding hydrogens is 512 g/mol. The zero-order valence-corrected chi connectivity index (χ0v) is 23.0. The van der Waals surface area contributed by atoms with Crippen molar-refractivity contribution in [2.45, 2.75) is 0 Å². The minimum atomic E-state index is 0.834. The molecule has 0 aliphatic rings. The Morgan fingerprint density at radius 3 is 0.690 bits per heavy atom. The lowest BCUT2D eigenvalue weighted by Crippen LogP contribution is -1.88. The molecule has 0 atom stereocenters. The van der Waals surface area contributed by atoms with Gasteiger partial charge in [-0.15, -0.1) is 0 Å². The molecule has 0 saturated heterocycles. The molecule has 0 unspecified atom stereocenters. The van der Waals surface area contributed by atoms with Crippen LogP contribution in [0.4, 0.5) is 0 Å². The van der Waals surface area contributed by atoms with Crippen LogP contribution < -0.4 is 0 Å². The minimum Gasteiger partial charge on any atom is -0.207 e. The second kappa shape index (κ2) is 11.5. The molecule has 7 aromatic rings. The Balaban J connectivity index is 1.31. The molecule has 0 spiro atoms. The summed E-state index contributed by atoms with van der Waals surface area (Å²) in [5.41, 5.74) is 8.62. The van der Waals surface area contributed by atoms with Gasteiger partial charge in [0.05, 0.1) is 46.5 Å². The largest absolute Gasteiger partial charge is 0.361 e. The first-order chi connectivity index (χ1) is 20.8. The van der Waals surface area contributed by atoms with Crippen molar-refractivity contribution in [3.8, 4) is 67.5 Å². The van der Waals surface area contributed by atoms with Crippen LogP contribution in [0.3, 0.4) is 0 Å². The third-order valence-corrected chi connectivity index (χ3v) is 7.37. The van der Waals surface area contributed by atoms with Crippen molar-refractivity contribution >= 4 is 0 Å². The monoisotopic (exact) mass is 540 g/mol. The van der Waals surface area contributed by atoms with E-state index in [0.29, 0.717) is 0 Å². The first-order valence-corrected chi connectivity index (χ1v) is 14.1. The number of rotatable bonds is 6. The van der Waals surface area contributed by atoms with Crippen LogP contribution in [0, 0.1) is 0 Å². The van der Waals surface area contributed by atoms with Gasteiger partial charge in [0.1, 0.15) is 0 Å². The summed E-state index contributed by atoms with van der Waals surface area (Å²) in [5, 5.41) is 0. The maximum Gasteiger partial charge on any atom is 0.361 e. The van der Waals surface area contributed by atoms with Crippen molar-refractivity contribution in [3.05, 3.63) is 170 Å². The number of hydrogen-bond acceptors (Lipinski definition) is 0. The quantitative estimate of drug-likeness (QED) is 0.196. The van der Waals surface area contributed by atoms with Crippen LogP contribution in [0.1, 0.15) is 0 Å². The maximum atomic E-state index is 6.40. The standard InChI is InChI=1S/C40H28O2/c1-5-13-31(14-6-1)37-25-35(26-38(41-37)32-15-7-2-8-16-32)29-21-23-30(24-22-29)36-27-39(33-17-9-3-10-18-33)42-40(28-36)34-19-11-4-12-20-34/h1-28H/q+2. The first-order valence-electron chi connectivity index (χ1n) is 14.1. The number of benzene rings is 5. The Morgan fingerprint density at radius 1 is 0.214 bits per heavy atom. The highest BCUT2D eigenvalue weighted by Crippen LogP contribution is 2.36. The lowest BCUT2D eigenvalue weighted by Gasteiger charge is -2.06. The summed E-state index contributed by atoms with van der Waals surface area (Å²) in [6, 6.07) is 58.2. The van der Waals surface area contributed by atoms with Crippen molar-refractivity contribution in [3.63, 3.8) is 0 Å². The SMILES string of the molecule is c1ccc(-c2cc(-c3ccc(-c4cc(-c5ccccc5)[o+]c(-c5ccccc5)c4)cc3)cc(-c3ccccc3)[o+]2)cc1. The fraction of sp³-hybridized carbons (Fsp3) is 0. The van der Waals surface area contributed by atoms with Gasteiger partial charge in [0, 0.05) is 11.1 Å². The third kappa shape index (κ3) is 5.39. The predicted octanol–water partition coefficient (Wildman–Crippen LogP) is 11.4. The Hall–Kier alpha value is -5.60. The summed E-state index contributed by atoms with van der Waals surface area (Å²) >= 11 is 0. The van der Waals surface area contributed by atoms with E-state index in [0.717, 1.165) is 67.5 Å². The highest BCUT2D eigenvalue weighted by Gasteiger charge is 2.22. The Morgan fingerprint density at radius 2 is 0.452 bits per heavy atom. The van der Waals surface area contributed by atoms with Gasteiger partial charge in [-0.1, -0.05) is 97.1 Å². The zero-order valence-electron chi connectivity index (χ0n) is 23.0. The van der Waals surface area contributed by atoms with Crippen molar-refractivity contribution in [2.24, 2.45) is 0 Å². The summed E-state index contributed by atoms with van der Waals surface area (Å²) in [5.74, 6) is 3.34. The fourth-order valence-electron chi connectivity index (χ4n) is 5.17. The van der Waals surface area contributed by atoms with Gasteiger partial charge < -0.3 is 0 Å². The van der Waals surface area contributed by atoms with E-state index in [1.165, 1.54) is 0 Å². The topological polar surface area (TPSA) is 22.6 Å². The minimum absolute atomic E-state index is 0.834.